The summed E-state index contributed by atoms with van der Waals surface area (Å²) in [7, 11) is 1.45. The topological polar surface area (TPSA) is 149 Å². The Balaban J connectivity index is 1.87. The van der Waals surface area contributed by atoms with Gasteiger partial charge in [0.1, 0.15) is 5.69 Å². The minimum absolute atomic E-state index is 0.0977. The number of benzene rings is 2. The van der Waals surface area contributed by atoms with Crippen LogP contribution in [0.25, 0.3) is 10.9 Å². The summed E-state index contributed by atoms with van der Waals surface area (Å²) >= 11 is 3.25. The minimum atomic E-state index is -0.690. The Morgan fingerprint density at radius 1 is 1.14 bits per heavy atom. The zero-order valence-corrected chi connectivity index (χ0v) is 20.5. The number of halogens is 1. The number of fused-ring (bicyclic) bond motifs is 1. The van der Waals surface area contributed by atoms with Gasteiger partial charge in [0.2, 0.25) is 5.91 Å². The highest BCUT2D eigenvalue weighted by Gasteiger charge is 2.32. The summed E-state index contributed by atoms with van der Waals surface area (Å²) in [5.41, 5.74) is 5.82. The van der Waals surface area contributed by atoms with Gasteiger partial charge in [-0.1, -0.05) is 47.0 Å². The smallest absolute Gasteiger partial charge is 0.294 e. The molecule has 4 N–H and O–H groups in total. The summed E-state index contributed by atoms with van der Waals surface area (Å²) in [6.45, 7) is 0. The van der Waals surface area contributed by atoms with Crippen molar-refractivity contribution in [1.82, 2.24) is 9.88 Å². The van der Waals surface area contributed by atoms with Crippen LogP contribution in [0, 0.1) is 10.1 Å². The fourth-order valence-electron chi connectivity index (χ4n) is 4.82. The fourth-order valence-corrected chi connectivity index (χ4v) is 5.27. The predicted molar refractivity (Wildman–Crippen MR) is 136 cm³/mol. The molecule has 10 nitrogen and oxygen atoms in total. The number of para-hydroxylation sites is 1. The molecule has 35 heavy (non-hydrogen) atoms. The Morgan fingerprint density at radius 2 is 1.86 bits per heavy atom. The van der Waals surface area contributed by atoms with Crippen molar-refractivity contribution in [2.24, 2.45) is 5.73 Å². The Labute approximate surface area is 208 Å². The molecule has 0 spiro atoms. The van der Waals surface area contributed by atoms with E-state index >= 15 is 0 Å². The van der Waals surface area contributed by atoms with Gasteiger partial charge in [-0.05, 0) is 25.0 Å². The molecule has 1 heterocycles. The van der Waals surface area contributed by atoms with Crippen molar-refractivity contribution in [3.05, 3.63) is 78.5 Å². The van der Waals surface area contributed by atoms with Crippen molar-refractivity contribution < 1.29 is 14.5 Å². The molecule has 1 aliphatic carbocycles. The number of nitrogens with two attached hydrogens (primary N) is 1. The Kier molecular flexibility index (Phi) is 6.88. The predicted octanol–water partition coefficient (Wildman–Crippen LogP) is 3.73. The fraction of sp³-hybridized carbons (Fsp3) is 0.292. The first-order chi connectivity index (χ1) is 16.7. The number of nitro benzene ring substituents is 1. The van der Waals surface area contributed by atoms with Gasteiger partial charge >= 0.3 is 0 Å². The van der Waals surface area contributed by atoms with E-state index in [9.17, 15) is 24.5 Å². The quantitative estimate of drug-likeness (QED) is 0.319. The van der Waals surface area contributed by atoms with Crippen molar-refractivity contribution in [2.45, 2.75) is 37.8 Å². The average molecular weight is 542 g/mol. The first kappa shape index (κ1) is 24.4. The molecule has 0 saturated heterocycles. The van der Waals surface area contributed by atoms with Crippen LogP contribution in [0.4, 0.5) is 11.4 Å². The second kappa shape index (κ2) is 9.87. The van der Waals surface area contributed by atoms with E-state index in [2.05, 4.69) is 26.6 Å². The van der Waals surface area contributed by atoms with Crippen LogP contribution in [-0.4, -0.2) is 34.4 Å². The molecular formula is C24H24BrN5O5. The molecule has 1 aromatic heterocycles. The summed E-state index contributed by atoms with van der Waals surface area (Å²) in [5.74, 6) is -1.16. The summed E-state index contributed by atoms with van der Waals surface area (Å²) in [6.07, 6.45) is 2.96. The first-order valence-corrected chi connectivity index (χ1v) is 11.9. The van der Waals surface area contributed by atoms with Crippen molar-refractivity contribution in [3.63, 3.8) is 0 Å². The number of carbonyl (C=O) groups is 2. The van der Waals surface area contributed by atoms with Crippen LogP contribution in [0.1, 0.15) is 52.4 Å². The minimum Gasteiger partial charge on any atom is -0.374 e. The van der Waals surface area contributed by atoms with Gasteiger partial charge in [-0.3, -0.25) is 24.5 Å². The van der Waals surface area contributed by atoms with Crippen LogP contribution in [0.5, 0.6) is 0 Å². The Bertz CT molecular complexity index is 1400. The van der Waals surface area contributed by atoms with E-state index in [4.69, 9.17) is 5.73 Å². The molecule has 11 heteroatoms. The number of nitro groups is 1. The number of anilines is 1. The van der Waals surface area contributed by atoms with E-state index in [-0.39, 0.29) is 40.1 Å². The lowest BCUT2D eigenvalue weighted by Crippen LogP contribution is -2.40. The number of nitrogens with one attached hydrogen (secondary N) is 2. The Morgan fingerprint density at radius 3 is 2.54 bits per heavy atom. The van der Waals surface area contributed by atoms with E-state index in [1.807, 2.05) is 0 Å². The van der Waals surface area contributed by atoms with Crippen molar-refractivity contribution in [1.29, 1.82) is 0 Å². The summed E-state index contributed by atoms with van der Waals surface area (Å²) < 4.78 is 2.03. The zero-order chi connectivity index (χ0) is 25.3. The maximum Gasteiger partial charge on any atom is 0.294 e. The third kappa shape index (κ3) is 4.63. The number of aromatic nitrogens is 1. The number of amides is 2. The first-order valence-electron chi connectivity index (χ1n) is 11.1. The van der Waals surface area contributed by atoms with E-state index in [1.54, 1.807) is 28.8 Å². The number of carbonyl (C=O) groups excluding carboxylic acids is 2. The van der Waals surface area contributed by atoms with Crippen LogP contribution in [-0.2, 0) is 0 Å². The second-order valence-electron chi connectivity index (χ2n) is 8.43. The van der Waals surface area contributed by atoms with Gasteiger partial charge < -0.3 is 20.9 Å². The monoisotopic (exact) mass is 541 g/mol. The molecule has 2 amide bonds. The third-order valence-electron chi connectivity index (χ3n) is 6.37. The highest BCUT2D eigenvalue weighted by Crippen LogP contribution is 2.38. The molecule has 1 aliphatic rings. The molecular weight excluding hydrogens is 518 g/mol. The van der Waals surface area contributed by atoms with Crippen LogP contribution >= 0.6 is 15.9 Å². The third-order valence-corrected chi connectivity index (χ3v) is 6.82. The molecule has 0 aliphatic heterocycles. The number of pyridine rings is 1. The number of nitrogens with zero attached hydrogens (tertiary/aromatic N) is 2. The van der Waals surface area contributed by atoms with Gasteiger partial charge in [0.15, 0.2) is 0 Å². The molecule has 2 aromatic carbocycles. The van der Waals surface area contributed by atoms with E-state index in [0.29, 0.717) is 28.2 Å². The highest BCUT2D eigenvalue weighted by atomic mass is 79.9. The molecule has 2 atom stereocenters. The molecule has 0 bridgehead atoms. The van der Waals surface area contributed by atoms with Crippen molar-refractivity contribution >= 4 is 50.0 Å². The van der Waals surface area contributed by atoms with Crippen LogP contribution in [0.15, 0.2) is 51.7 Å². The summed E-state index contributed by atoms with van der Waals surface area (Å²) in [6, 6.07) is 10.4. The van der Waals surface area contributed by atoms with Crippen molar-refractivity contribution in [2.75, 3.05) is 12.4 Å². The van der Waals surface area contributed by atoms with Gasteiger partial charge in [-0.2, -0.15) is 0 Å². The van der Waals surface area contributed by atoms with Gasteiger partial charge in [0.25, 0.3) is 17.2 Å². The van der Waals surface area contributed by atoms with E-state index in [1.165, 1.54) is 25.2 Å². The molecule has 1 saturated carbocycles. The van der Waals surface area contributed by atoms with Crippen LogP contribution < -0.4 is 21.9 Å². The van der Waals surface area contributed by atoms with Gasteiger partial charge in [-0.15, -0.1) is 0 Å². The van der Waals surface area contributed by atoms with E-state index in [0.717, 1.165) is 12.8 Å². The van der Waals surface area contributed by atoms with Gasteiger partial charge in [0, 0.05) is 35.1 Å². The lowest BCUT2D eigenvalue weighted by Gasteiger charge is -2.35. The zero-order valence-electron chi connectivity index (χ0n) is 18.9. The number of hydrogen-bond acceptors (Lipinski definition) is 6. The standard InChI is InChI=1S/C24H24BrN5O5/c1-27-24(33)16-10-13(25)11-20(30(34)35)22(16)28-17-7-3-5-9-19(17)29-18-8-4-2-6-14(18)15(23(26)32)12-21(29)31/h2,4,6,8,10-12,17,19,28H,3,5,7,9H2,1H3,(H2,26,32)(H,27,33)/t17-,19+/m1/s1. The lowest BCUT2D eigenvalue weighted by molar-refractivity contribution is -0.384. The molecule has 182 valence electrons. The molecule has 4 rings (SSSR count). The Hall–Kier alpha value is -3.73. The maximum atomic E-state index is 13.2. The van der Waals surface area contributed by atoms with Crippen molar-refractivity contribution in [3.8, 4) is 0 Å². The second-order valence-corrected chi connectivity index (χ2v) is 9.35. The summed E-state index contributed by atoms with van der Waals surface area (Å²) in [5, 5.41) is 18.2. The number of primary amides is 1. The largest absolute Gasteiger partial charge is 0.374 e. The number of rotatable bonds is 6. The highest BCUT2D eigenvalue weighted by molar-refractivity contribution is 9.10. The van der Waals surface area contributed by atoms with Crippen LogP contribution in [0.2, 0.25) is 0 Å². The van der Waals surface area contributed by atoms with Gasteiger partial charge in [-0.25, -0.2) is 0 Å². The van der Waals surface area contributed by atoms with E-state index < -0.39 is 16.7 Å². The molecule has 0 radical (unpaired) electrons. The molecule has 0 unspecified atom stereocenters. The summed E-state index contributed by atoms with van der Waals surface area (Å²) in [4.78, 5) is 49.1. The number of hydrogen-bond donors (Lipinski definition) is 3. The van der Waals surface area contributed by atoms with Crippen LogP contribution in [0.3, 0.4) is 0 Å². The maximum absolute atomic E-state index is 13.2. The SMILES string of the molecule is CNC(=O)c1cc(Br)cc([N+](=O)[O-])c1N[C@@H]1CCCC[C@@H]1n1c(=O)cc(C(N)=O)c2ccccc21. The molecule has 1 fully saturated rings. The molecule has 3 aromatic rings. The van der Waals surface area contributed by atoms with Gasteiger partial charge in [0.05, 0.1) is 27.6 Å². The average Bonchev–Trinajstić information content (AvgIpc) is 2.84. The lowest BCUT2D eigenvalue weighted by atomic mass is 9.88. The normalized spacial score (nSPS) is 17.7.